The first-order valence-corrected chi connectivity index (χ1v) is 5.84. The van der Waals surface area contributed by atoms with Crippen molar-refractivity contribution in [3.05, 3.63) is 58.5 Å². The fraction of sp³-hybridized carbons (Fsp3) is 0.154. The molecule has 1 aromatic heterocycles. The molecule has 0 spiro atoms. The van der Waals surface area contributed by atoms with E-state index in [0.717, 1.165) is 11.1 Å². The molecular weight excluding hydrogens is 253 g/mol. The highest BCUT2D eigenvalue weighted by molar-refractivity contribution is 6.31. The molecular formula is C13H13ClFN3. The van der Waals surface area contributed by atoms with Crippen LogP contribution in [0.4, 0.5) is 10.2 Å². The fourth-order valence-electron chi connectivity index (χ4n) is 1.89. The number of anilines is 1. The van der Waals surface area contributed by atoms with E-state index in [1.807, 2.05) is 6.07 Å². The lowest BCUT2D eigenvalue weighted by Crippen LogP contribution is -2.19. The largest absolute Gasteiger partial charge is 0.383 e. The van der Waals surface area contributed by atoms with Gasteiger partial charge in [0.2, 0.25) is 0 Å². The van der Waals surface area contributed by atoms with E-state index in [4.69, 9.17) is 17.3 Å². The zero-order chi connectivity index (χ0) is 13.1. The fourth-order valence-corrected chi connectivity index (χ4v) is 2.16. The molecule has 0 bridgehead atoms. The molecule has 1 heterocycles. The van der Waals surface area contributed by atoms with Gasteiger partial charge in [0.25, 0.3) is 0 Å². The van der Waals surface area contributed by atoms with Gasteiger partial charge in [-0.1, -0.05) is 23.7 Å². The molecule has 2 rings (SSSR count). The van der Waals surface area contributed by atoms with Crippen molar-refractivity contribution in [2.24, 2.45) is 0 Å². The van der Waals surface area contributed by atoms with Crippen LogP contribution >= 0.6 is 11.6 Å². The van der Waals surface area contributed by atoms with E-state index in [9.17, 15) is 4.39 Å². The van der Waals surface area contributed by atoms with Crippen LogP contribution < -0.4 is 11.1 Å². The maximum absolute atomic E-state index is 13.1. The average Bonchev–Trinajstić information content (AvgIpc) is 2.34. The van der Waals surface area contributed by atoms with Crippen molar-refractivity contribution in [1.82, 2.24) is 10.3 Å². The van der Waals surface area contributed by atoms with Gasteiger partial charge >= 0.3 is 0 Å². The van der Waals surface area contributed by atoms with Gasteiger partial charge < -0.3 is 11.1 Å². The van der Waals surface area contributed by atoms with Crippen molar-refractivity contribution in [2.45, 2.75) is 6.04 Å². The molecule has 0 aliphatic heterocycles. The standard InChI is InChI=1S/C13H13ClFN3/c1-17-12(10-3-2-6-18-13(10)16)9-5-4-8(15)7-11(9)14/h2-7,12,17H,1H3,(H2,16,18). The highest BCUT2D eigenvalue weighted by Crippen LogP contribution is 2.30. The highest BCUT2D eigenvalue weighted by Gasteiger charge is 2.18. The van der Waals surface area contributed by atoms with Gasteiger partial charge in [-0.05, 0) is 30.8 Å². The van der Waals surface area contributed by atoms with E-state index in [1.165, 1.54) is 12.1 Å². The molecule has 3 nitrogen and oxygen atoms in total. The van der Waals surface area contributed by atoms with Gasteiger partial charge in [-0.3, -0.25) is 0 Å². The number of nitrogen functional groups attached to an aromatic ring is 1. The van der Waals surface area contributed by atoms with Crippen molar-refractivity contribution in [3.63, 3.8) is 0 Å². The van der Waals surface area contributed by atoms with Crippen LogP contribution in [0, 0.1) is 5.82 Å². The van der Waals surface area contributed by atoms with Crippen molar-refractivity contribution in [2.75, 3.05) is 12.8 Å². The van der Waals surface area contributed by atoms with Gasteiger partial charge in [0.15, 0.2) is 0 Å². The monoisotopic (exact) mass is 265 g/mol. The first-order valence-electron chi connectivity index (χ1n) is 5.46. The lowest BCUT2D eigenvalue weighted by Gasteiger charge is -2.19. The van der Waals surface area contributed by atoms with Crippen LogP contribution in [0.2, 0.25) is 5.02 Å². The summed E-state index contributed by atoms with van der Waals surface area (Å²) in [6, 6.07) is 7.75. The van der Waals surface area contributed by atoms with E-state index in [-0.39, 0.29) is 11.9 Å². The molecule has 18 heavy (non-hydrogen) atoms. The number of benzene rings is 1. The lowest BCUT2D eigenvalue weighted by molar-refractivity contribution is 0.623. The summed E-state index contributed by atoms with van der Waals surface area (Å²) in [5, 5.41) is 3.47. The summed E-state index contributed by atoms with van der Waals surface area (Å²) in [6.45, 7) is 0. The number of nitrogens with two attached hydrogens (primary N) is 1. The predicted octanol–water partition coefficient (Wildman–Crippen LogP) is 2.77. The van der Waals surface area contributed by atoms with Crippen LogP contribution in [0.3, 0.4) is 0 Å². The average molecular weight is 266 g/mol. The third-order valence-electron chi connectivity index (χ3n) is 2.74. The molecule has 1 aromatic carbocycles. The number of nitrogens with one attached hydrogen (secondary N) is 1. The number of rotatable bonds is 3. The maximum Gasteiger partial charge on any atom is 0.128 e. The van der Waals surface area contributed by atoms with Crippen LogP contribution in [0.15, 0.2) is 36.5 Å². The number of aromatic nitrogens is 1. The molecule has 1 unspecified atom stereocenters. The first-order chi connectivity index (χ1) is 8.63. The highest BCUT2D eigenvalue weighted by atomic mass is 35.5. The van der Waals surface area contributed by atoms with Crippen molar-refractivity contribution in [3.8, 4) is 0 Å². The number of pyridine rings is 1. The van der Waals surface area contributed by atoms with Gasteiger partial charge in [0.05, 0.1) is 6.04 Å². The first kappa shape index (κ1) is 12.8. The summed E-state index contributed by atoms with van der Waals surface area (Å²) in [6.07, 6.45) is 1.62. The van der Waals surface area contributed by atoms with Gasteiger partial charge in [0, 0.05) is 16.8 Å². The smallest absolute Gasteiger partial charge is 0.128 e. The zero-order valence-electron chi connectivity index (χ0n) is 9.82. The molecule has 0 aliphatic carbocycles. The van der Waals surface area contributed by atoms with E-state index in [1.54, 1.807) is 25.4 Å². The molecule has 0 radical (unpaired) electrons. The van der Waals surface area contributed by atoms with Gasteiger partial charge in [-0.2, -0.15) is 0 Å². The Bertz CT molecular complexity index is 560. The summed E-state index contributed by atoms with van der Waals surface area (Å²) >= 11 is 6.06. The van der Waals surface area contributed by atoms with Crippen molar-refractivity contribution in [1.29, 1.82) is 0 Å². The summed E-state index contributed by atoms with van der Waals surface area (Å²) < 4.78 is 13.1. The van der Waals surface area contributed by atoms with Crippen LogP contribution in [0.1, 0.15) is 17.2 Å². The number of halogens is 2. The minimum Gasteiger partial charge on any atom is -0.383 e. The molecule has 3 N–H and O–H groups in total. The second-order valence-electron chi connectivity index (χ2n) is 3.87. The molecule has 0 amide bonds. The zero-order valence-corrected chi connectivity index (χ0v) is 10.6. The summed E-state index contributed by atoms with van der Waals surface area (Å²) in [4.78, 5) is 4.04. The Labute approximate surface area is 110 Å². The van der Waals surface area contributed by atoms with Crippen LogP contribution in [-0.2, 0) is 0 Å². The van der Waals surface area contributed by atoms with Gasteiger partial charge in [0.1, 0.15) is 11.6 Å². The van der Waals surface area contributed by atoms with Gasteiger partial charge in [-0.25, -0.2) is 9.37 Å². The van der Waals surface area contributed by atoms with E-state index >= 15 is 0 Å². The molecule has 1 atom stereocenters. The Morgan fingerprint density at radius 2 is 2.11 bits per heavy atom. The summed E-state index contributed by atoms with van der Waals surface area (Å²) in [5.74, 6) is 0.0648. The number of nitrogens with zero attached hydrogens (tertiary/aromatic N) is 1. The van der Waals surface area contributed by atoms with Crippen molar-refractivity contribution >= 4 is 17.4 Å². The molecule has 0 fully saturated rings. The second kappa shape index (κ2) is 5.33. The number of hydrogen-bond donors (Lipinski definition) is 2. The Kier molecular flexibility index (Phi) is 3.79. The minimum absolute atomic E-state index is 0.216. The lowest BCUT2D eigenvalue weighted by atomic mass is 9.99. The molecule has 2 aromatic rings. The molecule has 0 saturated heterocycles. The van der Waals surface area contributed by atoms with E-state index in [2.05, 4.69) is 10.3 Å². The maximum atomic E-state index is 13.1. The Balaban J connectivity index is 2.49. The van der Waals surface area contributed by atoms with Crippen molar-refractivity contribution < 1.29 is 4.39 Å². The van der Waals surface area contributed by atoms with E-state index in [0.29, 0.717) is 10.8 Å². The minimum atomic E-state index is -0.363. The normalized spacial score (nSPS) is 12.4. The Morgan fingerprint density at radius 3 is 2.72 bits per heavy atom. The topological polar surface area (TPSA) is 50.9 Å². The molecule has 94 valence electrons. The third kappa shape index (κ3) is 2.44. The summed E-state index contributed by atoms with van der Waals surface area (Å²) in [5.41, 5.74) is 7.42. The number of hydrogen-bond acceptors (Lipinski definition) is 3. The summed E-state index contributed by atoms with van der Waals surface area (Å²) in [7, 11) is 1.79. The van der Waals surface area contributed by atoms with Crippen LogP contribution in [0.5, 0.6) is 0 Å². The van der Waals surface area contributed by atoms with E-state index < -0.39 is 0 Å². The predicted molar refractivity (Wildman–Crippen MR) is 71.0 cm³/mol. The Hall–Kier alpha value is -1.65. The SMILES string of the molecule is CNC(c1ccc(F)cc1Cl)c1cccnc1N. The third-order valence-corrected chi connectivity index (χ3v) is 3.07. The quantitative estimate of drug-likeness (QED) is 0.897. The molecule has 0 saturated carbocycles. The molecule has 0 aliphatic rings. The Morgan fingerprint density at radius 1 is 1.33 bits per heavy atom. The van der Waals surface area contributed by atoms with Crippen LogP contribution in [-0.4, -0.2) is 12.0 Å². The van der Waals surface area contributed by atoms with Gasteiger partial charge in [-0.15, -0.1) is 0 Å². The van der Waals surface area contributed by atoms with Crippen LogP contribution in [0.25, 0.3) is 0 Å². The second-order valence-corrected chi connectivity index (χ2v) is 4.27. The molecule has 5 heteroatoms.